The third-order valence-electron chi connectivity index (χ3n) is 3.81. The highest BCUT2D eigenvalue weighted by Gasteiger charge is 2.20. The van der Waals surface area contributed by atoms with E-state index in [1.807, 2.05) is 0 Å². The van der Waals surface area contributed by atoms with Crippen LogP contribution in [0.5, 0.6) is 0 Å². The smallest absolute Gasteiger partial charge is 0.0239 e. The van der Waals surface area contributed by atoms with E-state index < -0.39 is 0 Å². The summed E-state index contributed by atoms with van der Waals surface area (Å²) in [6.07, 6.45) is 5.49. The summed E-state index contributed by atoms with van der Waals surface area (Å²) < 4.78 is 0. The molecule has 17 heavy (non-hydrogen) atoms. The lowest BCUT2D eigenvalue weighted by Crippen LogP contribution is -2.35. The average molecular weight is 296 g/mol. The van der Waals surface area contributed by atoms with Crippen LogP contribution < -0.4 is 0 Å². The summed E-state index contributed by atoms with van der Waals surface area (Å²) in [7, 11) is 0. The molecule has 0 bridgehead atoms. The van der Waals surface area contributed by atoms with Crippen LogP contribution in [0.25, 0.3) is 0 Å². The fourth-order valence-electron chi connectivity index (χ4n) is 2.63. The first kappa shape index (κ1) is 13.1. The summed E-state index contributed by atoms with van der Waals surface area (Å²) in [4.78, 5) is 2.66. The molecule has 0 N–H and O–H groups in total. The maximum Gasteiger partial charge on any atom is 0.0239 e. The number of rotatable bonds is 3. The van der Waals surface area contributed by atoms with E-state index in [0.29, 0.717) is 0 Å². The first-order valence-electron chi connectivity index (χ1n) is 6.66. The molecule has 0 aliphatic carbocycles. The van der Waals surface area contributed by atoms with Gasteiger partial charge < -0.3 is 0 Å². The standard InChI is InChI=1S/C15H22BrN/c1-13-7-4-5-8-14(13)12-17-10-6-2-3-9-15(17)11-16/h4-5,7-8,15H,2-3,6,9-12H2,1H3. The van der Waals surface area contributed by atoms with E-state index in [-0.39, 0.29) is 0 Å². The van der Waals surface area contributed by atoms with E-state index in [9.17, 15) is 0 Å². The van der Waals surface area contributed by atoms with E-state index in [1.165, 1.54) is 43.4 Å². The van der Waals surface area contributed by atoms with Gasteiger partial charge in [0.2, 0.25) is 0 Å². The maximum atomic E-state index is 3.68. The highest BCUT2D eigenvalue weighted by Crippen LogP contribution is 2.21. The van der Waals surface area contributed by atoms with Crippen LogP contribution in [0.4, 0.5) is 0 Å². The van der Waals surface area contributed by atoms with Gasteiger partial charge >= 0.3 is 0 Å². The highest BCUT2D eigenvalue weighted by atomic mass is 79.9. The third kappa shape index (κ3) is 3.56. The molecule has 0 radical (unpaired) electrons. The van der Waals surface area contributed by atoms with Crippen LogP contribution in [-0.2, 0) is 6.54 Å². The summed E-state index contributed by atoms with van der Waals surface area (Å²) in [6.45, 7) is 4.59. The van der Waals surface area contributed by atoms with Crippen molar-refractivity contribution in [2.75, 3.05) is 11.9 Å². The van der Waals surface area contributed by atoms with Gasteiger partial charge in [-0.25, -0.2) is 0 Å². The predicted octanol–water partition coefficient (Wildman–Crippen LogP) is 4.13. The van der Waals surface area contributed by atoms with E-state index in [1.54, 1.807) is 0 Å². The normalized spacial score (nSPS) is 22.4. The zero-order valence-electron chi connectivity index (χ0n) is 10.7. The average Bonchev–Trinajstić information content (AvgIpc) is 2.57. The van der Waals surface area contributed by atoms with Crippen molar-refractivity contribution >= 4 is 15.9 Å². The van der Waals surface area contributed by atoms with E-state index in [2.05, 4.69) is 52.0 Å². The zero-order chi connectivity index (χ0) is 12.1. The molecule has 1 aliphatic rings. The Kier molecular flexibility index (Phi) is 5.05. The Hall–Kier alpha value is -0.340. The largest absolute Gasteiger partial charge is 0.295 e. The summed E-state index contributed by atoms with van der Waals surface area (Å²) >= 11 is 3.68. The number of halogens is 1. The number of hydrogen-bond acceptors (Lipinski definition) is 1. The first-order valence-corrected chi connectivity index (χ1v) is 7.78. The van der Waals surface area contributed by atoms with Gasteiger partial charge in [-0.2, -0.15) is 0 Å². The molecule has 1 fully saturated rings. The molecular weight excluding hydrogens is 274 g/mol. The molecule has 1 heterocycles. The quantitative estimate of drug-likeness (QED) is 0.758. The Morgan fingerprint density at radius 2 is 2.06 bits per heavy atom. The molecule has 1 nitrogen and oxygen atoms in total. The minimum Gasteiger partial charge on any atom is -0.295 e. The molecule has 94 valence electrons. The van der Waals surface area contributed by atoms with Gasteiger partial charge in [-0.05, 0) is 37.4 Å². The minimum atomic E-state index is 0.720. The van der Waals surface area contributed by atoms with Crippen LogP contribution in [0.15, 0.2) is 24.3 Å². The minimum absolute atomic E-state index is 0.720. The van der Waals surface area contributed by atoms with Crippen LogP contribution in [0.2, 0.25) is 0 Å². The summed E-state index contributed by atoms with van der Waals surface area (Å²) in [5.41, 5.74) is 2.91. The molecule has 0 aromatic heterocycles. The van der Waals surface area contributed by atoms with E-state index in [0.717, 1.165) is 17.9 Å². The maximum absolute atomic E-state index is 3.68. The Morgan fingerprint density at radius 1 is 1.24 bits per heavy atom. The molecule has 2 heteroatoms. The molecule has 0 amide bonds. The topological polar surface area (TPSA) is 3.24 Å². The fourth-order valence-corrected chi connectivity index (χ4v) is 3.36. The van der Waals surface area contributed by atoms with Crippen LogP contribution in [0.3, 0.4) is 0 Å². The van der Waals surface area contributed by atoms with Gasteiger partial charge in [0.05, 0.1) is 0 Å². The van der Waals surface area contributed by atoms with Crippen molar-refractivity contribution in [1.82, 2.24) is 4.90 Å². The molecule has 1 aliphatic heterocycles. The van der Waals surface area contributed by atoms with Crippen molar-refractivity contribution in [3.05, 3.63) is 35.4 Å². The molecule has 0 spiro atoms. The molecule has 0 saturated carbocycles. The second-order valence-corrected chi connectivity index (χ2v) is 5.70. The summed E-state index contributed by atoms with van der Waals surface area (Å²) in [5, 5.41) is 1.11. The monoisotopic (exact) mass is 295 g/mol. The van der Waals surface area contributed by atoms with E-state index >= 15 is 0 Å². The molecule has 1 saturated heterocycles. The number of nitrogens with zero attached hydrogens (tertiary/aromatic N) is 1. The van der Waals surface area contributed by atoms with Gasteiger partial charge in [-0.3, -0.25) is 4.90 Å². The Balaban J connectivity index is 2.07. The van der Waals surface area contributed by atoms with Crippen molar-refractivity contribution in [3.63, 3.8) is 0 Å². The fraction of sp³-hybridized carbons (Fsp3) is 0.600. The second-order valence-electron chi connectivity index (χ2n) is 5.05. The Morgan fingerprint density at radius 3 is 2.82 bits per heavy atom. The highest BCUT2D eigenvalue weighted by molar-refractivity contribution is 9.09. The zero-order valence-corrected chi connectivity index (χ0v) is 12.2. The first-order chi connectivity index (χ1) is 8.31. The van der Waals surface area contributed by atoms with Crippen molar-refractivity contribution in [2.24, 2.45) is 0 Å². The molecule has 1 atom stereocenters. The SMILES string of the molecule is Cc1ccccc1CN1CCCCCC1CBr. The third-order valence-corrected chi connectivity index (χ3v) is 4.56. The number of alkyl halides is 1. The van der Waals surface area contributed by atoms with Gasteiger partial charge in [-0.1, -0.05) is 53.0 Å². The summed E-state index contributed by atoms with van der Waals surface area (Å²) in [6, 6.07) is 9.49. The molecule has 1 aromatic carbocycles. The van der Waals surface area contributed by atoms with Crippen LogP contribution in [0, 0.1) is 6.92 Å². The lowest BCUT2D eigenvalue weighted by molar-refractivity contribution is 0.209. The van der Waals surface area contributed by atoms with E-state index in [4.69, 9.17) is 0 Å². The van der Waals surface area contributed by atoms with Gasteiger partial charge in [0.1, 0.15) is 0 Å². The van der Waals surface area contributed by atoms with Crippen LogP contribution >= 0.6 is 15.9 Å². The molecule has 2 rings (SSSR count). The summed E-state index contributed by atoms with van der Waals surface area (Å²) in [5.74, 6) is 0. The van der Waals surface area contributed by atoms with Crippen LogP contribution in [-0.4, -0.2) is 22.8 Å². The van der Waals surface area contributed by atoms with Gasteiger partial charge in [0.15, 0.2) is 0 Å². The Labute approximate surface area is 113 Å². The van der Waals surface area contributed by atoms with Crippen molar-refractivity contribution in [3.8, 4) is 0 Å². The van der Waals surface area contributed by atoms with Crippen molar-refractivity contribution in [1.29, 1.82) is 0 Å². The van der Waals surface area contributed by atoms with Crippen LogP contribution in [0.1, 0.15) is 36.8 Å². The lowest BCUT2D eigenvalue weighted by atomic mass is 10.1. The Bertz CT molecular complexity index is 351. The molecular formula is C15H22BrN. The lowest BCUT2D eigenvalue weighted by Gasteiger charge is -2.29. The predicted molar refractivity (Wildman–Crippen MR) is 77.6 cm³/mol. The number of benzene rings is 1. The molecule has 1 aromatic rings. The van der Waals surface area contributed by atoms with Gasteiger partial charge in [0.25, 0.3) is 0 Å². The van der Waals surface area contributed by atoms with Crippen molar-refractivity contribution < 1.29 is 0 Å². The van der Waals surface area contributed by atoms with Gasteiger partial charge in [-0.15, -0.1) is 0 Å². The second kappa shape index (κ2) is 6.55. The number of aryl methyl sites for hydroxylation is 1. The molecule has 1 unspecified atom stereocenters. The number of hydrogen-bond donors (Lipinski definition) is 0. The number of likely N-dealkylation sites (tertiary alicyclic amines) is 1. The van der Waals surface area contributed by atoms with Gasteiger partial charge in [0, 0.05) is 17.9 Å². The van der Waals surface area contributed by atoms with Crippen molar-refractivity contribution in [2.45, 2.75) is 45.2 Å².